The molecule has 2 fully saturated rings. The lowest BCUT2D eigenvalue weighted by Gasteiger charge is -2.21. The Morgan fingerprint density at radius 2 is 2.06 bits per heavy atom. The number of carbonyl (C=O) groups excluding carboxylic acids is 1. The van der Waals surface area contributed by atoms with Gasteiger partial charge in [-0.1, -0.05) is 0 Å². The van der Waals surface area contributed by atoms with Gasteiger partial charge in [0.1, 0.15) is 5.82 Å². The van der Waals surface area contributed by atoms with Gasteiger partial charge < -0.3 is 5.32 Å². The lowest BCUT2D eigenvalue weighted by atomic mass is 10.1. The maximum absolute atomic E-state index is 11.9. The minimum absolute atomic E-state index is 0.134. The summed E-state index contributed by atoms with van der Waals surface area (Å²) in [6.07, 6.45) is 4.43. The fourth-order valence-electron chi connectivity index (χ4n) is 2.01. The number of hydrogen-bond acceptors (Lipinski definition) is 4. The van der Waals surface area contributed by atoms with Gasteiger partial charge in [-0.2, -0.15) is 11.8 Å². The van der Waals surface area contributed by atoms with Crippen LogP contribution in [0, 0.1) is 0 Å². The molecule has 5 nitrogen and oxygen atoms in total. The fraction of sp³-hybridized carbons (Fsp3) is 0.727. The summed E-state index contributed by atoms with van der Waals surface area (Å²) in [7, 11) is 0. The van der Waals surface area contributed by atoms with E-state index in [0.29, 0.717) is 17.8 Å². The molecule has 1 aliphatic carbocycles. The third kappa shape index (κ3) is 2.62. The minimum atomic E-state index is -0.134. The Balaban J connectivity index is 1.59. The van der Waals surface area contributed by atoms with Crippen LogP contribution >= 0.6 is 11.8 Å². The van der Waals surface area contributed by atoms with Gasteiger partial charge in [0.15, 0.2) is 0 Å². The highest BCUT2D eigenvalue weighted by molar-refractivity contribution is 7.99. The number of aromatic nitrogens is 3. The van der Waals surface area contributed by atoms with E-state index in [-0.39, 0.29) is 5.91 Å². The lowest BCUT2D eigenvalue weighted by molar-refractivity contribution is 0.0924. The number of carbonyl (C=O) groups is 1. The molecule has 2 N–H and O–H groups in total. The third-order valence-electron chi connectivity index (χ3n) is 3.23. The molecule has 0 atom stereocenters. The summed E-state index contributed by atoms with van der Waals surface area (Å²) in [5.74, 6) is 3.80. The summed E-state index contributed by atoms with van der Waals surface area (Å²) in [4.78, 5) is 16.2. The van der Waals surface area contributed by atoms with Crippen molar-refractivity contribution in [2.45, 2.75) is 37.6 Å². The Morgan fingerprint density at radius 1 is 1.29 bits per heavy atom. The number of H-pyrrole nitrogens is 1. The van der Waals surface area contributed by atoms with E-state index < -0.39 is 0 Å². The van der Waals surface area contributed by atoms with Crippen molar-refractivity contribution < 1.29 is 4.79 Å². The van der Waals surface area contributed by atoms with Gasteiger partial charge in [-0.05, 0) is 37.2 Å². The number of aromatic amines is 1. The summed E-state index contributed by atoms with van der Waals surface area (Å²) in [5.41, 5.74) is 0. The maximum Gasteiger partial charge on any atom is 0.291 e. The molecule has 17 heavy (non-hydrogen) atoms. The topological polar surface area (TPSA) is 70.7 Å². The molecular weight excluding hydrogens is 236 g/mol. The second-order valence-electron chi connectivity index (χ2n) is 4.68. The number of nitrogens with one attached hydrogen (secondary N) is 2. The second-order valence-corrected chi connectivity index (χ2v) is 5.90. The van der Waals surface area contributed by atoms with Crippen molar-refractivity contribution in [1.29, 1.82) is 0 Å². The van der Waals surface area contributed by atoms with Crippen LogP contribution in [0.1, 0.15) is 48.0 Å². The van der Waals surface area contributed by atoms with Crippen molar-refractivity contribution in [1.82, 2.24) is 20.5 Å². The number of thioether (sulfide) groups is 1. The van der Waals surface area contributed by atoms with Crippen LogP contribution in [-0.2, 0) is 0 Å². The van der Waals surface area contributed by atoms with Crippen LogP contribution < -0.4 is 5.32 Å². The monoisotopic (exact) mass is 252 g/mol. The van der Waals surface area contributed by atoms with Gasteiger partial charge in [-0.25, -0.2) is 4.98 Å². The first kappa shape index (κ1) is 11.1. The Kier molecular flexibility index (Phi) is 3.05. The first-order valence-corrected chi connectivity index (χ1v) is 7.29. The largest absolute Gasteiger partial charge is 0.346 e. The molecule has 6 heteroatoms. The van der Waals surface area contributed by atoms with Gasteiger partial charge >= 0.3 is 0 Å². The van der Waals surface area contributed by atoms with Gasteiger partial charge in [0.2, 0.25) is 5.82 Å². The van der Waals surface area contributed by atoms with Crippen molar-refractivity contribution in [3.63, 3.8) is 0 Å². The molecule has 1 aromatic heterocycles. The maximum atomic E-state index is 11.9. The quantitative estimate of drug-likeness (QED) is 0.851. The molecule has 1 aromatic rings. The molecule has 0 spiro atoms. The SMILES string of the molecule is O=C(NC1CCSCC1)c1n[nH]c(C2CC2)n1. The molecule has 1 saturated carbocycles. The predicted octanol–water partition coefficient (Wildman–Crippen LogP) is 1.31. The highest BCUT2D eigenvalue weighted by Gasteiger charge is 2.28. The van der Waals surface area contributed by atoms with E-state index in [1.165, 1.54) is 0 Å². The summed E-state index contributed by atoms with van der Waals surface area (Å²) in [5, 5.41) is 9.86. The normalized spacial score (nSPS) is 21.4. The van der Waals surface area contributed by atoms with E-state index in [2.05, 4.69) is 20.5 Å². The van der Waals surface area contributed by atoms with Crippen molar-refractivity contribution >= 4 is 17.7 Å². The smallest absolute Gasteiger partial charge is 0.291 e. The molecule has 0 bridgehead atoms. The third-order valence-corrected chi connectivity index (χ3v) is 4.28. The van der Waals surface area contributed by atoms with Gasteiger partial charge in [0.25, 0.3) is 5.91 Å². The van der Waals surface area contributed by atoms with E-state index in [0.717, 1.165) is 43.0 Å². The highest BCUT2D eigenvalue weighted by Crippen LogP contribution is 2.37. The van der Waals surface area contributed by atoms with Crippen LogP contribution in [0.15, 0.2) is 0 Å². The molecule has 0 unspecified atom stereocenters. The standard InChI is InChI=1S/C11H16N4OS/c16-11(12-8-3-5-17-6-4-8)10-13-9(14-15-10)7-1-2-7/h7-8H,1-6H2,(H,12,16)(H,13,14,15). The Bertz CT molecular complexity index is 409. The first-order chi connectivity index (χ1) is 8.33. The molecule has 2 aliphatic rings. The average molecular weight is 252 g/mol. The first-order valence-electron chi connectivity index (χ1n) is 6.14. The minimum Gasteiger partial charge on any atom is -0.346 e. The summed E-state index contributed by atoms with van der Waals surface area (Å²) < 4.78 is 0. The summed E-state index contributed by atoms with van der Waals surface area (Å²) >= 11 is 1.95. The zero-order valence-electron chi connectivity index (χ0n) is 9.61. The summed E-state index contributed by atoms with van der Waals surface area (Å²) in [6, 6.07) is 0.298. The van der Waals surface area contributed by atoms with Crippen molar-refractivity contribution in [2.24, 2.45) is 0 Å². The Labute approximate surface area is 104 Å². The van der Waals surface area contributed by atoms with Crippen LogP contribution in [0.3, 0.4) is 0 Å². The number of rotatable bonds is 3. The fourth-order valence-corrected chi connectivity index (χ4v) is 3.11. The van der Waals surface area contributed by atoms with Gasteiger partial charge in [0, 0.05) is 12.0 Å². The van der Waals surface area contributed by atoms with Gasteiger partial charge in [-0.3, -0.25) is 9.89 Å². The molecular formula is C11H16N4OS. The van der Waals surface area contributed by atoms with Crippen LogP contribution in [-0.4, -0.2) is 38.6 Å². The molecule has 0 aromatic carbocycles. The van der Waals surface area contributed by atoms with Gasteiger partial charge in [-0.15, -0.1) is 5.10 Å². The Hall–Kier alpha value is -1.04. The van der Waals surface area contributed by atoms with E-state index in [9.17, 15) is 4.79 Å². The highest BCUT2D eigenvalue weighted by atomic mass is 32.2. The van der Waals surface area contributed by atoms with Crippen molar-refractivity contribution in [2.75, 3.05) is 11.5 Å². The zero-order valence-corrected chi connectivity index (χ0v) is 10.4. The van der Waals surface area contributed by atoms with Crippen molar-refractivity contribution in [3.05, 3.63) is 11.6 Å². The van der Waals surface area contributed by atoms with E-state index in [4.69, 9.17) is 0 Å². The van der Waals surface area contributed by atoms with Crippen LogP contribution in [0.2, 0.25) is 0 Å². The van der Waals surface area contributed by atoms with Gasteiger partial charge in [0.05, 0.1) is 0 Å². The number of nitrogens with zero attached hydrogens (tertiary/aromatic N) is 2. The van der Waals surface area contributed by atoms with E-state index in [1.54, 1.807) is 0 Å². The van der Waals surface area contributed by atoms with E-state index in [1.807, 2.05) is 11.8 Å². The van der Waals surface area contributed by atoms with Crippen molar-refractivity contribution in [3.8, 4) is 0 Å². The second kappa shape index (κ2) is 4.68. The van der Waals surface area contributed by atoms with Crippen LogP contribution in [0.5, 0.6) is 0 Å². The number of amides is 1. The molecule has 92 valence electrons. The lowest BCUT2D eigenvalue weighted by Crippen LogP contribution is -2.37. The zero-order chi connectivity index (χ0) is 11.7. The Morgan fingerprint density at radius 3 is 2.76 bits per heavy atom. The molecule has 1 saturated heterocycles. The van der Waals surface area contributed by atoms with Crippen LogP contribution in [0.4, 0.5) is 0 Å². The molecule has 1 aliphatic heterocycles. The predicted molar refractivity (Wildman–Crippen MR) is 66.2 cm³/mol. The molecule has 3 rings (SSSR count). The average Bonchev–Trinajstić information content (AvgIpc) is 3.08. The van der Waals surface area contributed by atoms with Crippen LogP contribution in [0.25, 0.3) is 0 Å². The molecule has 0 radical (unpaired) electrons. The molecule has 2 heterocycles. The van der Waals surface area contributed by atoms with E-state index >= 15 is 0 Å². The number of hydrogen-bond donors (Lipinski definition) is 2. The molecule has 1 amide bonds. The summed E-state index contributed by atoms with van der Waals surface area (Å²) in [6.45, 7) is 0.